The lowest BCUT2D eigenvalue weighted by atomic mass is 10.0. The molecule has 5 heteroatoms. The van der Waals surface area contributed by atoms with Crippen LogP contribution in [0.2, 0.25) is 0 Å². The molecule has 2 amide bonds. The lowest BCUT2D eigenvalue weighted by Gasteiger charge is -2.22. The highest BCUT2D eigenvalue weighted by atomic mass is 16.5. The summed E-state index contributed by atoms with van der Waals surface area (Å²) >= 11 is 0. The number of nitrogens with zero attached hydrogens (tertiary/aromatic N) is 1. The number of urea groups is 1. The zero-order chi connectivity index (χ0) is 15.4. The number of amides is 2. The van der Waals surface area contributed by atoms with E-state index in [1.54, 1.807) is 7.11 Å². The van der Waals surface area contributed by atoms with E-state index in [0.717, 1.165) is 44.6 Å². The van der Waals surface area contributed by atoms with Crippen molar-refractivity contribution in [3.05, 3.63) is 29.3 Å². The largest absolute Gasteiger partial charge is 0.497 e. The first kappa shape index (κ1) is 15.2. The first-order valence-electron chi connectivity index (χ1n) is 8.06. The summed E-state index contributed by atoms with van der Waals surface area (Å²) in [5.41, 5.74) is 2.50. The molecule has 1 aromatic rings. The van der Waals surface area contributed by atoms with Gasteiger partial charge in [-0.3, -0.25) is 0 Å². The van der Waals surface area contributed by atoms with Crippen LogP contribution in [0.3, 0.4) is 0 Å². The molecule has 2 heterocycles. The molecule has 0 bridgehead atoms. The molecule has 2 aliphatic heterocycles. The molecule has 2 aliphatic rings. The predicted octanol–water partition coefficient (Wildman–Crippen LogP) is 2.33. The van der Waals surface area contributed by atoms with Gasteiger partial charge in [-0.05, 0) is 48.9 Å². The summed E-state index contributed by atoms with van der Waals surface area (Å²) < 4.78 is 10.8. The van der Waals surface area contributed by atoms with Gasteiger partial charge >= 0.3 is 6.03 Å². The number of fused-ring (bicyclic) bond motifs is 1. The summed E-state index contributed by atoms with van der Waals surface area (Å²) in [5, 5.41) is 3.01. The van der Waals surface area contributed by atoms with Crippen molar-refractivity contribution in [1.29, 1.82) is 0 Å². The number of hydrogen-bond donors (Lipinski definition) is 1. The van der Waals surface area contributed by atoms with E-state index < -0.39 is 0 Å². The van der Waals surface area contributed by atoms with E-state index in [2.05, 4.69) is 17.4 Å². The van der Waals surface area contributed by atoms with Crippen LogP contribution in [0, 0.1) is 0 Å². The third-order valence-electron chi connectivity index (χ3n) is 4.44. The molecule has 1 aromatic carbocycles. The summed E-state index contributed by atoms with van der Waals surface area (Å²) in [5.74, 6) is 0.884. The molecule has 1 saturated heterocycles. The van der Waals surface area contributed by atoms with E-state index in [0.29, 0.717) is 13.1 Å². The Kier molecular flexibility index (Phi) is 4.83. The van der Waals surface area contributed by atoms with Gasteiger partial charge < -0.3 is 19.7 Å². The van der Waals surface area contributed by atoms with E-state index in [4.69, 9.17) is 9.47 Å². The molecule has 0 aliphatic carbocycles. The van der Waals surface area contributed by atoms with Gasteiger partial charge in [-0.1, -0.05) is 6.07 Å². The number of methoxy groups -OCH3 is 1. The molecule has 1 N–H and O–H groups in total. The fraction of sp³-hybridized carbons (Fsp3) is 0.588. The first-order chi connectivity index (χ1) is 10.8. The Morgan fingerprint density at radius 1 is 1.41 bits per heavy atom. The highest BCUT2D eigenvalue weighted by Gasteiger charge is 2.21. The topological polar surface area (TPSA) is 50.8 Å². The average molecular weight is 304 g/mol. The molecule has 0 unspecified atom stereocenters. The van der Waals surface area contributed by atoms with Gasteiger partial charge in [0.15, 0.2) is 0 Å². The average Bonchev–Trinajstić information content (AvgIpc) is 2.97. The monoisotopic (exact) mass is 304 g/mol. The van der Waals surface area contributed by atoms with Gasteiger partial charge in [0.25, 0.3) is 0 Å². The summed E-state index contributed by atoms with van der Waals surface area (Å²) in [6, 6.07) is 6.13. The molecule has 5 nitrogen and oxygen atoms in total. The maximum atomic E-state index is 12.4. The van der Waals surface area contributed by atoms with Gasteiger partial charge in [0, 0.05) is 26.2 Å². The quantitative estimate of drug-likeness (QED) is 0.932. The number of hydrogen-bond acceptors (Lipinski definition) is 3. The van der Waals surface area contributed by atoms with Crippen LogP contribution in [-0.2, 0) is 17.7 Å². The van der Waals surface area contributed by atoms with Gasteiger partial charge in [-0.15, -0.1) is 0 Å². The van der Waals surface area contributed by atoms with Crippen molar-refractivity contribution in [1.82, 2.24) is 10.2 Å². The van der Waals surface area contributed by atoms with Crippen LogP contribution in [0.4, 0.5) is 4.79 Å². The SMILES string of the molecule is COc1ccc2c(c1)CCCN(C(=O)NC[C@H]1CCCO1)C2. The first-order valence-corrected chi connectivity index (χ1v) is 8.06. The van der Waals surface area contributed by atoms with Crippen molar-refractivity contribution in [2.45, 2.75) is 38.3 Å². The number of carbonyl (C=O) groups is 1. The second kappa shape index (κ2) is 7.01. The van der Waals surface area contributed by atoms with Crippen LogP contribution in [0.25, 0.3) is 0 Å². The van der Waals surface area contributed by atoms with Crippen LogP contribution in [0.15, 0.2) is 18.2 Å². The Bertz CT molecular complexity index is 527. The molecule has 1 fully saturated rings. The Labute approximate surface area is 131 Å². The van der Waals surface area contributed by atoms with Gasteiger partial charge in [0.1, 0.15) is 5.75 Å². The van der Waals surface area contributed by atoms with Gasteiger partial charge in [0.2, 0.25) is 0 Å². The molecule has 0 saturated carbocycles. The maximum absolute atomic E-state index is 12.4. The van der Waals surface area contributed by atoms with Crippen LogP contribution in [0.1, 0.15) is 30.4 Å². The summed E-state index contributed by atoms with van der Waals surface area (Å²) in [6.07, 6.45) is 4.30. The van der Waals surface area contributed by atoms with E-state index in [-0.39, 0.29) is 12.1 Å². The highest BCUT2D eigenvalue weighted by Crippen LogP contribution is 2.23. The lowest BCUT2D eigenvalue weighted by Crippen LogP contribution is -2.42. The summed E-state index contributed by atoms with van der Waals surface area (Å²) in [4.78, 5) is 14.3. The molecule has 0 aromatic heterocycles. The Morgan fingerprint density at radius 2 is 2.32 bits per heavy atom. The van der Waals surface area contributed by atoms with Crippen molar-refractivity contribution in [2.24, 2.45) is 0 Å². The van der Waals surface area contributed by atoms with Crippen LogP contribution in [-0.4, -0.2) is 43.8 Å². The molecule has 3 rings (SSSR count). The van der Waals surface area contributed by atoms with E-state index in [1.807, 2.05) is 11.0 Å². The molecule has 0 radical (unpaired) electrons. The smallest absolute Gasteiger partial charge is 0.317 e. The minimum absolute atomic E-state index is 0.0131. The van der Waals surface area contributed by atoms with Crippen LogP contribution >= 0.6 is 0 Å². The number of rotatable bonds is 3. The number of carbonyl (C=O) groups excluding carboxylic acids is 1. The predicted molar refractivity (Wildman–Crippen MR) is 84.1 cm³/mol. The summed E-state index contributed by atoms with van der Waals surface area (Å²) in [7, 11) is 1.68. The molecule has 22 heavy (non-hydrogen) atoms. The zero-order valence-electron chi connectivity index (χ0n) is 13.1. The third-order valence-corrected chi connectivity index (χ3v) is 4.44. The fourth-order valence-corrected chi connectivity index (χ4v) is 3.15. The fourth-order valence-electron chi connectivity index (χ4n) is 3.15. The minimum atomic E-state index is 0.0131. The van der Waals surface area contributed by atoms with Gasteiger partial charge in [0.05, 0.1) is 13.2 Å². The number of aryl methyl sites for hydroxylation is 1. The van der Waals surface area contributed by atoms with Crippen molar-refractivity contribution in [3.8, 4) is 5.75 Å². The standard InChI is InChI=1S/C17H24N2O3/c1-21-15-7-6-14-12-19(8-2-4-13(14)10-15)17(20)18-11-16-5-3-9-22-16/h6-7,10,16H,2-5,8-9,11-12H2,1H3,(H,18,20)/t16-/m1/s1. The highest BCUT2D eigenvalue weighted by molar-refractivity contribution is 5.74. The summed E-state index contributed by atoms with van der Waals surface area (Å²) in [6.45, 7) is 2.88. The van der Waals surface area contributed by atoms with Gasteiger partial charge in [-0.25, -0.2) is 4.79 Å². The van der Waals surface area contributed by atoms with Crippen molar-refractivity contribution in [2.75, 3.05) is 26.8 Å². The Morgan fingerprint density at radius 3 is 3.09 bits per heavy atom. The van der Waals surface area contributed by atoms with E-state index in [1.165, 1.54) is 11.1 Å². The van der Waals surface area contributed by atoms with E-state index in [9.17, 15) is 4.79 Å². The Balaban J connectivity index is 1.60. The van der Waals surface area contributed by atoms with Crippen molar-refractivity contribution in [3.63, 3.8) is 0 Å². The normalized spacial score (nSPS) is 21.1. The van der Waals surface area contributed by atoms with Crippen molar-refractivity contribution >= 4 is 6.03 Å². The number of ether oxygens (including phenoxy) is 2. The van der Waals surface area contributed by atoms with E-state index >= 15 is 0 Å². The Hall–Kier alpha value is -1.75. The molecular formula is C17H24N2O3. The molecule has 1 atom stereocenters. The van der Waals surface area contributed by atoms with Crippen LogP contribution < -0.4 is 10.1 Å². The number of nitrogens with one attached hydrogen (secondary N) is 1. The third kappa shape index (κ3) is 3.53. The molecule has 0 spiro atoms. The lowest BCUT2D eigenvalue weighted by molar-refractivity contribution is 0.108. The van der Waals surface area contributed by atoms with Crippen molar-refractivity contribution < 1.29 is 14.3 Å². The van der Waals surface area contributed by atoms with Gasteiger partial charge in [-0.2, -0.15) is 0 Å². The maximum Gasteiger partial charge on any atom is 0.317 e. The minimum Gasteiger partial charge on any atom is -0.497 e. The zero-order valence-corrected chi connectivity index (χ0v) is 13.1. The van der Waals surface area contributed by atoms with Crippen LogP contribution in [0.5, 0.6) is 5.75 Å². The molecule has 120 valence electrons. The molecular weight excluding hydrogens is 280 g/mol. The number of benzene rings is 1. The second-order valence-electron chi connectivity index (χ2n) is 5.98. The second-order valence-corrected chi connectivity index (χ2v) is 5.98.